The summed E-state index contributed by atoms with van der Waals surface area (Å²) in [5.41, 5.74) is 3.10. The minimum absolute atomic E-state index is 0.0590. The Morgan fingerprint density at radius 3 is 2.38 bits per heavy atom. The number of benzene rings is 2. The number of nitrogens with one attached hydrogen (secondary N) is 2. The molecule has 2 N–H and O–H groups in total. The van der Waals surface area contributed by atoms with E-state index in [0.29, 0.717) is 29.9 Å². The Bertz CT molecular complexity index is 1060. The molecule has 0 aromatic heterocycles. The SMILES string of the molecule is CC(=O)Nc1ccc(S(=O)(=O)Nc2ccc(C)c(N3CCCCC3=O)c2)c(C)c1. The van der Waals surface area contributed by atoms with Gasteiger partial charge in [0, 0.05) is 31.3 Å². The van der Waals surface area contributed by atoms with Crippen molar-refractivity contribution in [2.75, 3.05) is 21.5 Å². The fraction of sp³-hybridized carbons (Fsp3) is 0.333. The van der Waals surface area contributed by atoms with Crippen molar-refractivity contribution in [2.24, 2.45) is 0 Å². The molecule has 0 unspecified atom stereocenters. The van der Waals surface area contributed by atoms with Gasteiger partial charge in [-0.15, -0.1) is 0 Å². The second-order valence-electron chi connectivity index (χ2n) is 7.27. The maximum Gasteiger partial charge on any atom is 0.262 e. The van der Waals surface area contributed by atoms with E-state index in [9.17, 15) is 18.0 Å². The van der Waals surface area contributed by atoms with Crippen LogP contribution < -0.4 is 14.9 Å². The number of amides is 2. The molecule has 1 aliphatic heterocycles. The first-order valence-electron chi connectivity index (χ1n) is 9.49. The highest BCUT2D eigenvalue weighted by molar-refractivity contribution is 7.92. The standard InChI is InChI=1S/C21H25N3O4S/c1-14-7-8-18(13-19(14)24-11-5-4-6-21(24)26)23-29(27,28)20-10-9-17(12-15(20)2)22-16(3)25/h7-10,12-13,23H,4-6,11H2,1-3H3,(H,22,25). The van der Waals surface area contributed by atoms with Crippen molar-refractivity contribution in [3.05, 3.63) is 47.5 Å². The molecule has 0 saturated carbocycles. The van der Waals surface area contributed by atoms with Gasteiger partial charge >= 0.3 is 0 Å². The first-order chi connectivity index (χ1) is 13.7. The summed E-state index contributed by atoms with van der Waals surface area (Å²) in [5, 5.41) is 2.64. The number of aryl methyl sites for hydroxylation is 2. The second kappa shape index (κ2) is 8.24. The summed E-state index contributed by atoms with van der Waals surface area (Å²) in [6.45, 7) is 5.61. The van der Waals surface area contributed by atoms with E-state index in [1.54, 1.807) is 36.1 Å². The van der Waals surface area contributed by atoms with Gasteiger partial charge in [0.1, 0.15) is 0 Å². The predicted octanol–water partition coefficient (Wildman–Crippen LogP) is 3.58. The Balaban J connectivity index is 1.88. The minimum Gasteiger partial charge on any atom is -0.326 e. The van der Waals surface area contributed by atoms with Gasteiger partial charge < -0.3 is 10.2 Å². The van der Waals surface area contributed by atoms with Gasteiger partial charge in [-0.25, -0.2) is 8.42 Å². The van der Waals surface area contributed by atoms with Crippen molar-refractivity contribution in [3.63, 3.8) is 0 Å². The number of sulfonamides is 1. The molecule has 29 heavy (non-hydrogen) atoms. The van der Waals surface area contributed by atoms with Crippen LogP contribution in [0.1, 0.15) is 37.3 Å². The highest BCUT2D eigenvalue weighted by Gasteiger charge is 2.23. The third-order valence-electron chi connectivity index (χ3n) is 4.86. The topological polar surface area (TPSA) is 95.6 Å². The molecule has 2 aromatic carbocycles. The van der Waals surface area contributed by atoms with Crippen LogP contribution in [0.2, 0.25) is 0 Å². The molecule has 154 valence electrons. The summed E-state index contributed by atoms with van der Waals surface area (Å²) in [7, 11) is -3.83. The predicted molar refractivity (Wildman–Crippen MR) is 114 cm³/mol. The van der Waals surface area contributed by atoms with E-state index in [-0.39, 0.29) is 16.7 Å². The van der Waals surface area contributed by atoms with E-state index in [4.69, 9.17) is 0 Å². The van der Waals surface area contributed by atoms with Crippen LogP contribution in [0.5, 0.6) is 0 Å². The molecule has 2 aromatic rings. The monoisotopic (exact) mass is 415 g/mol. The lowest BCUT2D eigenvalue weighted by atomic mass is 10.1. The summed E-state index contributed by atoms with van der Waals surface area (Å²) in [6.07, 6.45) is 2.32. The molecule has 0 atom stereocenters. The van der Waals surface area contributed by atoms with Crippen molar-refractivity contribution in [3.8, 4) is 0 Å². The molecule has 7 nitrogen and oxygen atoms in total. The van der Waals surface area contributed by atoms with E-state index < -0.39 is 10.0 Å². The Morgan fingerprint density at radius 2 is 1.72 bits per heavy atom. The summed E-state index contributed by atoms with van der Waals surface area (Å²) < 4.78 is 28.4. The Morgan fingerprint density at radius 1 is 1.00 bits per heavy atom. The smallest absolute Gasteiger partial charge is 0.262 e. The number of nitrogens with zero attached hydrogens (tertiary/aromatic N) is 1. The van der Waals surface area contributed by atoms with Gasteiger partial charge in [-0.3, -0.25) is 14.3 Å². The van der Waals surface area contributed by atoms with Crippen molar-refractivity contribution < 1.29 is 18.0 Å². The van der Waals surface area contributed by atoms with Crippen LogP contribution in [-0.4, -0.2) is 26.8 Å². The van der Waals surface area contributed by atoms with Crippen LogP contribution in [0, 0.1) is 13.8 Å². The zero-order valence-electron chi connectivity index (χ0n) is 16.8. The number of hydrogen-bond donors (Lipinski definition) is 2. The molecule has 2 amide bonds. The lowest BCUT2D eigenvalue weighted by Gasteiger charge is -2.28. The van der Waals surface area contributed by atoms with Gasteiger partial charge in [0.05, 0.1) is 10.6 Å². The number of anilines is 3. The third kappa shape index (κ3) is 4.76. The van der Waals surface area contributed by atoms with E-state index in [0.717, 1.165) is 24.1 Å². The van der Waals surface area contributed by atoms with Crippen LogP contribution >= 0.6 is 0 Å². The van der Waals surface area contributed by atoms with Gasteiger partial charge in [0.25, 0.3) is 10.0 Å². The molecule has 0 radical (unpaired) electrons. The quantitative estimate of drug-likeness (QED) is 0.780. The van der Waals surface area contributed by atoms with E-state index in [1.807, 2.05) is 13.0 Å². The van der Waals surface area contributed by atoms with Crippen molar-refractivity contribution >= 4 is 38.9 Å². The van der Waals surface area contributed by atoms with E-state index >= 15 is 0 Å². The molecule has 0 spiro atoms. The van der Waals surface area contributed by atoms with Gasteiger partial charge in [0.2, 0.25) is 11.8 Å². The highest BCUT2D eigenvalue weighted by Crippen LogP contribution is 2.29. The van der Waals surface area contributed by atoms with E-state index in [1.165, 1.54) is 13.0 Å². The second-order valence-corrected chi connectivity index (χ2v) is 8.92. The average molecular weight is 416 g/mol. The van der Waals surface area contributed by atoms with Crippen LogP contribution in [0.3, 0.4) is 0 Å². The summed E-state index contributed by atoms with van der Waals surface area (Å²) in [5.74, 6) is -0.165. The summed E-state index contributed by atoms with van der Waals surface area (Å²) >= 11 is 0. The van der Waals surface area contributed by atoms with Crippen molar-refractivity contribution in [2.45, 2.75) is 44.9 Å². The fourth-order valence-electron chi connectivity index (χ4n) is 3.47. The largest absolute Gasteiger partial charge is 0.326 e. The molecule has 3 rings (SSSR count). The Hall–Kier alpha value is -2.87. The van der Waals surface area contributed by atoms with Crippen molar-refractivity contribution in [1.82, 2.24) is 0 Å². The molecule has 0 bridgehead atoms. The normalized spacial score (nSPS) is 14.6. The molecule has 1 heterocycles. The van der Waals surface area contributed by atoms with Crippen LogP contribution in [-0.2, 0) is 19.6 Å². The summed E-state index contributed by atoms with van der Waals surface area (Å²) in [4.78, 5) is 25.3. The van der Waals surface area contributed by atoms with Crippen LogP contribution in [0.25, 0.3) is 0 Å². The maximum absolute atomic E-state index is 12.9. The number of carbonyl (C=O) groups is 2. The number of hydrogen-bond acceptors (Lipinski definition) is 4. The third-order valence-corrected chi connectivity index (χ3v) is 6.40. The molecule has 1 aliphatic rings. The lowest BCUT2D eigenvalue weighted by Crippen LogP contribution is -2.35. The van der Waals surface area contributed by atoms with Gasteiger partial charge in [-0.1, -0.05) is 6.07 Å². The molecule has 1 fully saturated rings. The zero-order chi connectivity index (χ0) is 21.2. The highest BCUT2D eigenvalue weighted by atomic mass is 32.2. The molecule has 8 heteroatoms. The molecule has 0 aliphatic carbocycles. The Kier molecular flexibility index (Phi) is 5.93. The van der Waals surface area contributed by atoms with Gasteiger partial charge in [-0.05, 0) is 68.1 Å². The van der Waals surface area contributed by atoms with Crippen molar-refractivity contribution in [1.29, 1.82) is 0 Å². The van der Waals surface area contributed by atoms with E-state index in [2.05, 4.69) is 10.0 Å². The minimum atomic E-state index is -3.83. The fourth-order valence-corrected chi connectivity index (χ4v) is 4.74. The van der Waals surface area contributed by atoms with Gasteiger partial charge in [-0.2, -0.15) is 0 Å². The van der Waals surface area contributed by atoms with Gasteiger partial charge in [0.15, 0.2) is 0 Å². The van der Waals surface area contributed by atoms with Crippen LogP contribution in [0.15, 0.2) is 41.3 Å². The average Bonchev–Trinajstić information content (AvgIpc) is 2.63. The molecular formula is C21H25N3O4S. The van der Waals surface area contributed by atoms with Crippen LogP contribution in [0.4, 0.5) is 17.1 Å². The number of rotatable bonds is 5. The maximum atomic E-state index is 12.9. The molecule has 1 saturated heterocycles. The number of piperidine rings is 1. The first-order valence-corrected chi connectivity index (χ1v) is 11.0. The number of carbonyl (C=O) groups excluding carboxylic acids is 2. The first kappa shape index (κ1) is 20.9. The lowest BCUT2D eigenvalue weighted by molar-refractivity contribution is -0.119. The Labute approximate surface area is 171 Å². The summed E-state index contributed by atoms with van der Waals surface area (Å²) in [6, 6.07) is 9.83. The molecular weight excluding hydrogens is 390 g/mol. The zero-order valence-corrected chi connectivity index (χ0v) is 17.6.